The van der Waals surface area contributed by atoms with Crippen LogP contribution in [0.15, 0.2) is 72.9 Å². The van der Waals surface area contributed by atoms with Gasteiger partial charge in [-0.05, 0) is 47.4 Å². The minimum atomic E-state index is -4.60. The van der Waals surface area contributed by atoms with E-state index in [0.29, 0.717) is 11.3 Å². The third-order valence-electron chi connectivity index (χ3n) is 5.74. The van der Waals surface area contributed by atoms with E-state index in [9.17, 15) is 18.0 Å². The molecule has 4 rings (SSSR count). The van der Waals surface area contributed by atoms with E-state index >= 15 is 0 Å². The first-order chi connectivity index (χ1) is 15.8. The highest BCUT2D eigenvalue weighted by Gasteiger charge is 2.34. The largest absolute Gasteiger partial charge is 0.417 e. The van der Waals surface area contributed by atoms with E-state index in [4.69, 9.17) is 11.6 Å². The van der Waals surface area contributed by atoms with Gasteiger partial charge in [-0.1, -0.05) is 61.0 Å². The first-order valence-corrected chi connectivity index (χ1v) is 11.0. The Morgan fingerprint density at radius 1 is 1.06 bits per heavy atom. The number of carbonyl (C=O) groups excluding carboxylic acids is 1. The zero-order chi connectivity index (χ0) is 23.6. The van der Waals surface area contributed by atoms with E-state index < -0.39 is 17.7 Å². The number of amides is 1. The molecule has 170 valence electrons. The monoisotopic (exact) mass is 470 g/mol. The smallest absolute Gasteiger partial charge is 0.361 e. The summed E-state index contributed by atoms with van der Waals surface area (Å²) in [6, 6.07) is 18.6. The van der Waals surface area contributed by atoms with Crippen LogP contribution >= 0.6 is 11.6 Å². The molecule has 0 spiro atoms. The molecule has 0 fully saturated rings. The van der Waals surface area contributed by atoms with Crippen LogP contribution in [0.25, 0.3) is 10.9 Å². The van der Waals surface area contributed by atoms with Crippen LogP contribution in [0, 0.1) is 0 Å². The Bertz CT molecular complexity index is 1280. The molecule has 7 heteroatoms. The number of benzene rings is 3. The number of para-hydroxylation sites is 2. The molecule has 0 bridgehead atoms. The average Bonchev–Trinajstić information content (AvgIpc) is 3.22. The molecule has 4 aromatic rings. The number of alkyl halides is 3. The summed E-state index contributed by atoms with van der Waals surface area (Å²) < 4.78 is 40.7. The van der Waals surface area contributed by atoms with Crippen LogP contribution in [0.2, 0.25) is 5.02 Å². The Hall–Kier alpha value is -3.25. The first-order valence-electron chi connectivity index (χ1n) is 10.6. The van der Waals surface area contributed by atoms with Crippen molar-refractivity contribution in [1.29, 1.82) is 0 Å². The van der Waals surface area contributed by atoms with Crippen LogP contribution in [0.5, 0.6) is 0 Å². The Balaban J connectivity index is 1.79. The molecule has 0 aliphatic heterocycles. The van der Waals surface area contributed by atoms with Gasteiger partial charge in [0.2, 0.25) is 5.91 Å². The Kier molecular flexibility index (Phi) is 6.47. The molecular formula is C26H22ClF3N2O. The summed E-state index contributed by atoms with van der Waals surface area (Å²) >= 11 is 5.85. The maximum absolute atomic E-state index is 13.6. The van der Waals surface area contributed by atoms with Crippen LogP contribution in [-0.2, 0) is 17.4 Å². The second-order valence-electron chi connectivity index (χ2n) is 7.85. The summed E-state index contributed by atoms with van der Waals surface area (Å²) in [5, 5.41) is 3.35. The van der Waals surface area contributed by atoms with Gasteiger partial charge < -0.3 is 10.3 Å². The van der Waals surface area contributed by atoms with E-state index in [1.807, 2.05) is 31.2 Å². The fourth-order valence-corrected chi connectivity index (χ4v) is 4.35. The van der Waals surface area contributed by atoms with Gasteiger partial charge in [-0.3, -0.25) is 4.79 Å². The number of aryl methyl sites for hydroxylation is 1. The van der Waals surface area contributed by atoms with Gasteiger partial charge >= 0.3 is 6.18 Å². The molecule has 1 heterocycles. The first kappa shape index (κ1) is 22.9. The SMILES string of the molecule is CCc1cccc2c(C(CC(=O)Nc3ccccc3)c3ccc(Cl)c(C(F)(F)F)c3)c[nH]c12. The van der Waals surface area contributed by atoms with Crippen molar-refractivity contribution in [3.63, 3.8) is 0 Å². The van der Waals surface area contributed by atoms with Gasteiger partial charge in [0.15, 0.2) is 0 Å². The topological polar surface area (TPSA) is 44.9 Å². The number of aromatic amines is 1. The zero-order valence-electron chi connectivity index (χ0n) is 17.8. The number of halogens is 4. The molecule has 0 radical (unpaired) electrons. The van der Waals surface area contributed by atoms with Crippen molar-refractivity contribution in [3.05, 3.63) is 100 Å². The van der Waals surface area contributed by atoms with Crippen molar-refractivity contribution in [2.45, 2.75) is 31.9 Å². The maximum Gasteiger partial charge on any atom is 0.417 e. The number of anilines is 1. The lowest BCUT2D eigenvalue weighted by Gasteiger charge is -2.19. The van der Waals surface area contributed by atoms with Crippen LogP contribution < -0.4 is 5.32 Å². The average molecular weight is 471 g/mol. The van der Waals surface area contributed by atoms with E-state index in [-0.39, 0.29) is 17.4 Å². The number of H-pyrrole nitrogens is 1. The summed E-state index contributed by atoms with van der Waals surface area (Å²) in [6.45, 7) is 2.04. The third kappa shape index (κ3) is 4.91. The number of rotatable bonds is 6. The highest BCUT2D eigenvalue weighted by molar-refractivity contribution is 6.31. The summed E-state index contributed by atoms with van der Waals surface area (Å²) in [6.07, 6.45) is -2.04. The standard InChI is InChI=1S/C26H22ClF3N2O/c1-2-16-7-6-10-19-21(15-31-25(16)19)20(14-24(33)32-18-8-4-3-5-9-18)17-11-12-23(27)22(13-17)26(28,29)30/h3-13,15,20,31H,2,14H2,1H3,(H,32,33). The van der Waals surface area contributed by atoms with E-state index in [2.05, 4.69) is 10.3 Å². The number of aromatic nitrogens is 1. The second kappa shape index (κ2) is 9.32. The molecule has 0 aliphatic rings. The van der Waals surface area contributed by atoms with Gasteiger partial charge in [-0.25, -0.2) is 0 Å². The molecule has 33 heavy (non-hydrogen) atoms. The lowest BCUT2D eigenvalue weighted by Crippen LogP contribution is -2.17. The molecule has 0 saturated carbocycles. The molecule has 3 nitrogen and oxygen atoms in total. The van der Waals surface area contributed by atoms with Crippen LogP contribution in [0.1, 0.15) is 41.5 Å². The number of hydrogen-bond donors (Lipinski definition) is 2. The molecule has 1 amide bonds. The van der Waals surface area contributed by atoms with Crippen molar-refractivity contribution in [3.8, 4) is 0 Å². The van der Waals surface area contributed by atoms with Crippen molar-refractivity contribution in [2.24, 2.45) is 0 Å². The van der Waals surface area contributed by atoms with Gasteiger partial charge in [0, 0.05) is 35.1 Å². The maximum atomic E-state index is 13.6. The fourth-order valence-electron chi connectivity index (χ4n) is 4.12. The minimum Gasteiger partial charge on any atom is -0.361 e. The summed E-state index contributed by atoms with van der Waals surface area (Å²) in [5.74, 6) is -0.899. The van der Waals surface area contributed by atoms with Crippen LogP contribution in [0.3, 0.4) is 0 Å². The molecule has 1 unspecified atom stereocenters. The highest BCUT2D eigenvalue weighted by Crippen LogP contribution is 2.40. The minimum absolute atomic E-state index is 0.0306. The lowest BCUT2D eigenvalue weighted by atomic mass is 9.86. The van der Waals surface area contributed by atoms with E-state index in [1.54, 1.807) is 36.5 Å². The fraction of sp³-hybridized carbons (Fsp3) is 0.192. The van der Waals surface area contributed by atoms with Crippen molar-refractivity contribution in [1.82, 2.24) is 4.98 Å². The van der Waals surface area contributed by atoms with E-state index in [0.717, 1.165) is 34.5 Å². The molecule has 1 atom stereocenters. The Labute approximate surface area is 194 Å². The normalized spacial score (nSPS) is 12.6. The zero-order valence-corrected chi connectivity index (χ0v) is 18.6. The quantitative estimate of drug-likeness (QED) is 0.300. The Morgan fingerprint density at radius 2 is 1.82 bits per heavy atom. The van der Waals surface area contributed by atoms with Gasteiger partial charge in [-0.2, -0.15) is 13.2 Å². The molecule has 0 saturated heterocycles. The molecule has 0 aliphatic carbocycles. The number of nitrogens with one attached hydrogen (secondary N) is 2. The predicted octanol–water partition coefficient (Wildman–Crippen LogP) is 7.56. The van der Waals surface area contributed by atoms with Gasteiger partial charge in [-0.15, -0.1) is 0 Å². The highest BCUT2D eigenvalue weighted by atomic mass is 35.5. The summed E-state index contributed by atoms with van der Waals surface area (Å²) in [4.78, 5) is 16.2. The summed E-state index contributed by atoms with van der Waals surface area (Å²) in [7, 11) is 0. The lowest BCUT2D eigenvalue weighted by molar-refractivity contribution is -0.137. The molecular weight excluding hydrogens is 449 g/mol. The molecule has 1 aromatic heterocycles. The van der Waals surface area contributed by atoms with Crippen LogP contribution in [0.4, 0.5) is 18.9 Å². The second-order valence-corrected chi connectivity index (χ2v) is 8.25. The van der Waals surface area contributed by atoms with Crippen molar-refractivity contribution < 1.29 is 18.0 Å². The number of carbonyl (C=O) groups is 1. The predicted molar refractivity (Wildman–Crippen MR) is 126 cm³/mol. The van der Waals surface area contributed by atoms with Gasteiger partial charge in [0.1, 0.15) is 0 Å². The van der Waals surface area contributed by atoms with Gasteiger partial charge in [0.25, 0.3) is 0 Å². The Morgan fingerprint density at radius 3 is 2.52 bits per heavy atom. The number of fused-ring (bicyclic) bond motifs is 1. The van der Waals surface area contributed by atoms with Crippen LogP contribution in [-0.4, -0.2) is 10.9 Å². The number of hydrogen-bond acceptors (Lipinski definition) is 1. The molecule has 2 N–H and O–H groups in total. The third-order valence-corrected chi connectivity index (χ3v) is 6.06. The van der Waals surface area contributed by atoms with Gasteiger partial charge in [0.05, 0.1) is 10.6 Å². The van der Waals surface area contributed by atoms with Crippen molar-refractivity contribution >= 4 is 34.1 Å². The molecule has 3 aromatic carbocycles. The summed E-state index contributed by atoms with van der Waals surface area (Å²) in [5.41, 5.74) is 2.87. The van der Waals surface area contributed by atoms with E-state index in [1.165, 1.54) is 6.07 Å². The van der Waals surface area contributed by atoms with Crippen molar-refractivity contribution in [2.75, 3.05) is 5.32 Å².